The Bertz CT molecular complexity index is 194. The van der Waals surface area contributed by atoms with E-state index in [-0.39, 0.29) is 12.5 Å². The number of carbonyl (C=O) groups excluding carboxylic acids is 1. The Labute approximate surface area is 96.7 Å². The first kappa shape index (κ1) is 13.4. The summed E-state index contributed by atoms with van der Waals surface area (Å²) in [5.41, 5.74) is 5.23. The number of amides is 1. The molecule has 0 heterocycles. The van der Waals surface area contributed by atoms with Crippen molar-refractivity contribution in [1.29, 1.82) is 0 Å². The van der Waals surface area contributed by atoms with Gasteiger partial charge in [0.25, 0.3) is 0 Å². The number of rotatable bonds is 8. The van der Waals surface area contributed by atoms with Crippen LogP contribution in [0, 0.1) is 0 Å². The van der Waals surface area contributed by atoms with E-state index in [1.165, 1.54) is 12.8 Å². The lowest BCUT2D eigenvalue weighted by atomic mass is 10.3. The molecule has 0 aliphatic heterocycles. The molecule has 5 nitrogen and oxygen atoms in total. The lowest BCUT2D eigenvalue weighted by Gasteiger charge is -2.11. The van der Waals surface area contributed by atoms with Gasteiger partial charge in [0.2, 0.25) is 5.91 Å². The molecule has 94 valence electrons. The quantitative estimate of drug-likeness (QED) is 0.577. The van der Waals surface area contributed by atoms with E-state index in [4.69, 9.17) is 15.2 Å². The van der Waals surface area contributed by atoms with Crippen LogP contribution in [0.2, 0.25) is 0 Å². The molecule has 5 heteroatoms. The molecule has 0 saturated heterocycles. The number of nitrogens with one attached hydrogen (secondary N) is 1. The van der Waals surface area contributed by atoms with Gasteiger partial charge in [-0.1, -0.05) is 12.8 Å². The van der Waals surface area contributed by atoms with Crippen LogP contribution in [-0.2, 0) is 14.3 Å². The molecule has 0 aromatic carbocycles. The number of nitrogens with two attached hydrogens (primary N) is 1. The second-order valence-corrected chi connectivity index (χ2v) is 3.97. The lowest BCUT2D eigenvalue weighted by molar-refractivity contribution is -0.125. The van der Waals surface area contributed by atoms with Crippen LogP contribution in [0.25, 0.3) is 0 Å². The van der Waals surface area contributed by atoms with Crippen molar-refractivity contribution in [3.8, 4) is 0 Å². The van der Waals surface area contributed by atoms with Crippen LogP contribution < -0.4 is 11.1 Å². The minimum Gasteiger partial charge on any atom is -0.376 e. The fraction of sp³-hybridized carbons (Fsp3) is 0.909. The van der Waals surface area contributed by atoms with E-state index in [9.17, 15) is 4.79 Å². The number of ether oxygens (including phenoxy) is 2. The summed E-state index contributed by atoms with van der Waals surface area (Å²) in [6.07, 6.45) is 5.26. The van der Waals surface area contributed by atoms with Crippen molar-refractivity contribution in [2.75, 3.05) is 32.9 Å². The van der Waals surface area contributed by atoms with Crippen molar-refractivity contribution in [3.63, 3.8) is 0 Å². The molecular formula is C11H22N2O3. The second-order valence-electron chi connectivity index (χ2n) is 3.97. The Morgan fingerprint density at radius 2 is 2.06 bits per heavy atom. The van der Waals surface area contributed by atoms with Crippen LogP contribution in [0.4, 0.5) is 0 Å². The maximum atomic E-state index is 11.2. The van der Waals surface area contributed by atoms with Crippen LogP contribution in [0.5, 0.6) is 0 Å². The van der Waals surface area contributed by atoms with Crippen molar-refractivity contribution in [3.05, 3.63) is 0 Å². The van der Waals surface area contributed by atoms with E-state index in [2.05, 4.69) is 5.32 Å². The van der Waals surface area contributed by atoms with E-state index in [0.717, 1.165) is 12.8 Å². The van der Waals surface area contributed by atoms with Gasteiger partial charge in [0.15, 0.2) is 0 Å². The highest BCUT2D eigenvalue weighted by atomic mass is 16.5. The number of hydrogen-bond donors (Lipinski definition) is 2. The van der Waals surface area contributed by atoms with Crippen molar-refractivity contribution in [2.24, 2.45) is 5.73 Å². The van der Waals surface area contributed by atoms with Gasteiger partial charge in [-0.25, -0.2) is 0 Å². The molecule has 1 fully saturated rings. The van der Waals surface area contributed by atoms with E-state index in [1.54, 1.807) is 0 Å². The van der Waals surface area contributed by atoms with Gasteiger partial charge in [0.05, 0.1) is 19.3 Å². The maximum absolute atomic E-state index is 11.2. The monoisotopic (exact) mass is 230 g/mol. The van der Waals surface area contributed by atoms with Crippen LogP contribution in [0.1, 0.15) is 25.7 Å². The Hall–Kier alpha value is -0.650. The zero-order valence-electron chi connectivity index (χ0n) is 9.74. The largest absolute Gasteiger partial charge is 0.376 e. The third-order valence-corrected chi connectivity index (χ3v) is 2.58. The first-order valence-electron chi connectivity index (χ1n) is 5.99. The molecule has 1 rings (SSSR count). The molecule has 0 aromatic rings. The predicted octanol–water partition coefficient (Wildman–Crippen LogP) is 0.0371. The molecule has 3 N–H and O–H groups in total. The molecule has 0 aromatic heterocycles. The average Bonchev–Trinajstić information content (AvgIpc) is 2.78. The van der Waals surface area contributed by atoms with Gasteiger partial charge in [0.1, 0.15) is 6.61 Å². The third kappa shape index (κ3) is 6.05. The molecule has 1 aliphatic rings. The van der Waals surface area contributed by atoms with Crippen molar-refractivity contribution >= 4 is 5.91 Å². The van der Waals surface area contributed by atoms with Gasteiger partial charge in [-0.3, -0.25) is 4.79 Å². The summed E-state index contributed by atoms with van der Waals surface area (Å²) in [6.45, 7) is 2.10. The van der Waals surface area contributed by atoms with Crippen LogP contribution in [0.15, 0.2) is 0 Å². The summed E-state index contributed by atoms with van der Waals surface area (Å²) in [5.74, 6) is -0.108. The van der Waals surface area contributed by atoms with Crippen molar-refractivity contribution < 1.29 is 14.3 Å². The fourth-order valence-electron chi connectivity index (χ4n) is 1.77. The van der Waals surface area contributed by atoms with Crippen molar-refractivity contribution in [1.82, 2.24) is 5.32 Å². The highest BCUT2D eigenvalue weighted by molar-refractivity contribution is 5.77. The van der Waals surface area contributed by atoms with Gasteiger partial charge in [-0.2, -0.15) is 0 Å². The summed E-state index contributed by atoms with van der Waals surface area (Å²) >= 11 is 0. The molecule has 16 heavy (non-hydrogen) atoms. The molecular weight excluding hydrogens is 208 g/mol. The molecule has 0 bridgehead atoms. The Balaban J connectivity index is 1.87. The third-order valence-electron chi connectivity index (χ3n) is 2.58. The van der Waals surface area contributed by atoms with Gasteiger partial charge in [-0.15, -0.1) is 0 Å². The molecule has 1 amide bonds. The fourth-order valence-corrected chi connectivity index (χ4v) is 1.77. The van der Waals surface area contributed by atoms with E-state index in [0.29, 0.717) is 32.4 Å². The van der Waals surface area contributed by atoms with Crippen LogP contribution >= 0.6 is 0 Å². The summed E-state index contributed by atoms with van der Waals surface area (Å²) < 4.78 is 10.6. The summed E-state index contributed by atoms with van der Waals surface area (Å²) in [4.78, 5) is 11.2. The molecule has 0 atom stereocenters. The Morgan fingerprint density at radius 3 is 2.75 bits per heavy atom. The minimum atomic E-state index is -0.108. The number of carbonyl (C=O) groups is 1. The average molecular weight is 230 g/mol. The SMILES string of the molecule is NCCOCC(=O)NCCOC1CCCC1. The molecule has 0 radical (unpaired) electrons. The summed E-state index contributed by atoms with van der Waals surface area (Å²) in [6, 6.07) is 0. The van der Waals surface area contributed by atoms with Crippen molar-refractivity contribution in [2.45, 2.75) is 31.8 Å². The van der Waals surface area contributed by atoms with Crippen LogP contribution in [-0.4, -0.2) is 44.9 Å². The number of hydrogen-bond acceptors (Lipinski definition) is 4. The van der Waals surface area contributed by atoms with Gasteiger partial charge in [0, 0.05) is 13.1 Å². The van der Waals surface area contributed by atoms with Gasteiger partial charge in [-0.05, 0) is 12.8 Å². The summed E-state index contributed by atoms with van der Waals surface area (Å²) in [7, 11) is 0. The topological polar surface area (TPSA) is 73.6 Å². The Kier molecular flexibility index (Phi) is 7.12. The first-order valence-corrected chi connectivity index (χ1v) is 5.99. The zero-order chi connectivity index (χ0) is 11.6. The lowest BCUT2D eigenvalue weighted by Crippen LogP contribution is -2.32. The molecule has 1 aliphatic carbocycles. The maximum Gasteiger partial charge on any atom is 0.246 e. The van der Waals surface area contributed by atoms with E-state index in [1.807, 2.05) is 0 Å². The van der Waals surface area contributed by atoms with Gasteiger partial charge < -0.3 is 20.5 Å². The molecule has 0 spiro atoms. The Morgan fingerprint density at radius 1 is 1.31 bits per heavy atom. The first-order chi connectivity index (χ1) is 7.83. The minimum absolute atomic E-state index is 0.0840. The van der Waals surface area contributed by atoms with E-state index < -0.39 is 0 Å². The predicted molar refractivity (Wildman–Crippen MR) is 61.1 cm³/mol. The van der Waals surface area contributed by atoms with Crippen LogP contribution in [0.3, 0.4) is 0 Å². The summed E-state index contributed by atoms with van der Waals surface area (Å²) in [5, 5.41) is 2.74. The zero-order valence-corrected chi connectivity index (χ0v) is 9.74. The standard InChI is InChI=1S/C11H22N2O3/c12-5-7-15-9-11(14)13-6-8-16-10-3-1-2-4-10/h10H,1-9,12H2,(H,13,14). The smallest absolute Gasteiger partial charge is 0.246 e. The van der Waals surface area contributed by atoms with E-state index >= 15 is 0 Å². The normalized spacial score (nSPS) is 16.6. The van der Waals surface area contributed by atoms with Gasteiger partial charge >= 0.3 is 0 Å². The molecule has 1 saturated carbocycles. The second kappa shape index (κ2) is 8.50. The highest BCUT2D eigenvalue weighted by Crippen LogP contribution is 2.20. The molecule has 0 unspecified atom stereocenters. The highest BCUT2D eigenvalue weighted by Gasteiger charge is 2.14.